The zero-order chi connectivity index (χ0) is 31.6. The normalized spacial score (nSPS) is 11.3. The van der Waals surface area contributed by atoms with Crippen LogP contribution in [0.3, 0.4) is 0 Å². The van der Waals surface area contributed by atoms with E-state index in [0.29, 0.717) is 0 Å². The van der Waals surface area contributed by atoms with Crippen LogP contribution in [0.4, 0.5) is 0 Å². The summed E-state index contributed by atoms with van der Waals surface area (Å²) in [6.45, 7) is 8.49. The van der Waals surface area contributed by atoms with Gasteiger partial charge in [0.2, 0.25) is 0 Å². The van der Waals surface area contributed by atoms with Gasteiger partial charge in [-0.05, 0) is 0 Å². The molecule has 2 aliphatic carbocycles. The van der Waals surface area contributed by atoms with E-state index in [1.807, 2.05) is 24.3 Å². The molecule has 0 fully saturated rings. The smallest absolute Gasteiger partial charge is 0.0771 e. The summed E-state index contributed by atoms with van der Waals surface area (Å²) in [5.74, 6) is 0. The monoisotopic (exact) mass is 794 g/mol. The zero-order valence-electron chi connectivity index (χ0n) is 27.0. The molecule has 0 nitrogen and oxygen atoms in total. The maximum atomic E-state index is 2.99. The summed E-state index contributed by atoms with van der Waals surface area (Å²) in [6.07, 6.45) is 20.0. The van der Waals surface area contributed by atoms with Gasteiger partial charge in [-0.15, -0.1) is 92.3 Å². The van der Waals surface area contributed by atoms with Crippen LogP contribution in [-0.4, -0.2) is 6.41 Å². The van der Waals surface area contributed by atoms with Crippen LogP contribution in [0.25, 0.3) is 43.1 Å². The maximum absolute atomic E-state index is 2.99. The molecule has 0 unspecified atom stereocenters. The van der Waals surface area contributed by atoms with Crippen LogP contribution in [0.2, 0.25) is 0 Å². The molecule has 2 aliphatic rings. The Kier molecular flexibility index (Phi) is 21.7. The number of hydrogen-bond acceptors (Lipinski definition) is 0. The molecule has 4 heteroatoms. The molecule has 6 aromatic rings. The largest absolute Gasteiger partial charge is 1.00 e. The first-order valence-electron chi connectivity index (χ1n) is 14.9. The van der Waals surface area contributed by atoms with Crippen molar-refractivity contribution in [3.63, 3.8) is 0 Å². The summed E-state index contributed by atoms with van der Waals surface area (Å²) in [6, 6.07) is 38.5. The van der Waals surface area contributed by atoms with E-state index in [9.17, 15) is 0 Å². The number of allylic oxidation sites excluding steroid dienone is 8. The first kappa shape index (κ1) is 41.7. The predicted octanol–water partition coefficient (Wildman–Crippen LogP) is 5.53. The van der Waals surface area contributed by atoms with Gasteiger partial charge in [-0.25, -0.2) is 24.3 Å². The quantitative estimate of drug-likeness (QED) is 0.178. The van der Waals surface area contributed by atoms with Crippen LogP contribution in [-0.2, 0) is 48.5 Å². The van der Waals surface area contributed by atoms with Crippen molar-refractivity contribution in [1.82, 2.24) is 0 Å². The Balaban J connectivity index is 0.000000298. The number of hydrogen-bond donors (Lipinski definition) is 0. The predicted molar refractivity (Wildman–Crippen MR) is 190 cm³/mol. The third-order valence-corrected chi connectivity index (χ3v) is 6.22. The molecule has 0 bridgehead atoms. The van der Waals surface area contributed by atoms with Crippen molar-refractivity contribution in [2.24, 2.45) is 0 Å². The van der Waals surface area contributed by atoms with Gasteiger partial charge in [0.25, 0.3) is 0 Å². The molecule has 46 heavy (non-hydrogen) atoms. The molecule has 0 N–H and O–H groups in total. The topological polar surface area (TPSA) is 0 Å². The van der Waals surface area contributed by atoms with Crippen molar-refractivity contribution in [1.29, 1.82) is 0 Å². The Labute approximate surface area is 318 Å². The Morgan fingerprint density at radius 2 is 0.717 bits per heavy atom. The molecule has 0 radical (unpaired) electrons. The first-order chi connectivity index (χ1) is 21.4. The van der Waals surface area contributed by atoms with Crippen molar-refractivity contribution in [3.8, 4) is 0 Å². The van der Waals surface area contributed by atoms with Gasteiger partial charge < -0.3 is 24.8 Å². The van der Waals surface area contributed by atoms with Crippen LogP contribution in [0.15, 0.2) is 146 Å². The van der Waals surface area contributed by atoms with Crippen LogP contribution < -0.4 is 24.8 Å². The van der Waals surface area contributed by atoms with E-state index in [1.54, 1.807) is 48.5 Å². The Morgan fingerprint density at radius 3 is 0.891 bits per heavy atom. The Morgan fingerprint density at radius 1 is 0.478 bits per heavy atom. The summed E-state index contributed by atoms with van der Waals surface area (Å²) < 4.78 is 3.01. The number of halogens is 2. The van der Waals surface area contributed by atoms with E-state index in [4.69, 9.17) is 0 Å². The second kappa shape index (κ2) is 23.9. The van der Waals surface area contributed by atoms with Crippen molar-refractivity contribution in [3.05, 3.63) is 158 Å². The second-order valence-electron chi connectivity index (χ2n) is 10.6. The minimum Gasteiger partial charge on any atom is -1.00 e. The van der Waals surface area contributed by atoms with E-state index in [-0.39, 0.29) is 24.8 Å². The maximum Gasteiger partial charge on any atom is -0.0771 e. The van der Waals surface area contributed by atoms with Crippen LogP contribution in [0.5, 0.6) is 0 Å². The SMILES string of the molecule is C[C](C)=[Zr+2].C[C](C)=[Zr+2].[C-]1=CC=CC1.[C-]1=CC=CC1.[Cl-].[Cl-].c1ccc2c(c1)[cH-]c1ccccc12.c1ccc2c(c1)[cH-]c1ccccc12. The van der Waals surface area contributed by atoms with Crippen molar-refractivity contribution in [2.75, 3.05) is 0 Å². The molecule has 0 heterocycles. The fourth-order valence-electron chi connectivity index (χ4n) is 4.49. The Bertz CT molecular complexity index is 1630. The molecule has 0 amide bonds. The summed E-state index contributed by atoms with van der Waals surface area (Å²) in [4.78, 5) is 0. The third-order valence-electron chi connectivity index (χ3n) is 6.22. The van der Waals surface area contributed by atoms with Gasteiger partial charge in [0.1, 0.15) is 0 Å². The fourth-order valence-corrected chi connectivity index (χ4v) is 4.49. The second-order valence-corrected chi connectivity index (χ2v) is 15.6. The molecule has 0 aliphatic heterocycles. The van der Waals surface area contributed by atoms with Crippen LogP contribution >= 0.6 is 0 Å². The summed E-state index contributed by atoms with van der Waals surface area (Å²) in [7, 11) is 0. The number of rotatable bonds is 0. The van der Waals surface area contributed by atoms with E-state index in [0.717, 1.165) is 12.8 Å². The minimum atomic E-state index is 0. The molecule has 8 rings (SSSR count). The average Bonchev–Trinajstić information content (AvgIpc) is 3.85. The molecule has 0 saturated heterocycles. The van der Waals surface area contributed by atoms with E-state index < -0.39 is 0 Å². The average molecular weight is 798 g/mol. The van der Waals surface area contributed by atoms with Gasteiger partial charge >= 0.3 is 82.6 Å². The van der Waals surface area contributed by atoms with Gasteiger partial charge in [-0.1, -0.05) is 72.8 Å². The van der Waals surface area contributed by atoms with Crippen molar-refractivity contribution >= 4 is 49.5 Å². The number of benzene rings is 4. The molecule has 0 atom stereocenters. The number of fused-ring (bicyclic) bond motifs is 6. The van der Waals surface area contributed by atoms with Gasteiger partial charge in [0, 0.05) is 0 Å². The van der Waals surface area contributed by atoms with E-state index in [1.165, 1.54) is 49.5 Å². The molecule has 6 aromatic carbocycles. The summed E-state index contributed by atoms with van der Waals surface area (Å²) in [5, 5.41) is 10.8. The van der Waals surface area contributed by atoms with Gasteiger partial charge in [-0.2, -0.15) is 12.2 Å². The molecule has 0 spiro atoms. The fraction of sp³-hybridized carbons (Fsp3) is 0.143. The standard InChI is InChI=1S/2C13H9.2C5H5.2C3H6.2ClH.2Zr/c2*1-3-7-12-10(5-1)9-11-6-2-4-8-13(11)12;2*1-2-4-5-3-1;2*1-3-2;;;;/h2*1-9H;2*1-3H,4H2;2*1-2H3;2*1H;;/q4*-1;;;;;2*+2/p-2. The molecule has 0 saturated carbocycles. The third kappa shape index (κ3) is 15.0. The molecule has 0 aromatic heterocycles. The Hall–Kier alpha value is -2.33. The molecular weight excluding hydrogens is 758 g/mol. The van der Waals surface area contributed by atoms with Gasteiger partial charge in [0.15, 0.2) is 0 Å². The van der Waals surface area contributed by atoms with Crippen molar-refractivity contribution in [2.45, 2.75) is 40.5 Å². The van der Waals surface area contributed by atoms with Crippen molar-refractivity contribution < 1.29 is 73.3 Å². The minimum absolute atomic E-state index is 0. The molecular formula is C42H40Cl2Zr2-2. The first-order valence-corrected chi connectivity index (χ1v) is 17.4. The van der Waals surface area contributed by atoms with Gasteiger partial charge in [0.05, 0.1) is 0 Å². The zero-order valence-corrected chi connectivity index (χ0v) is 33.5. The van der Waals surface area contributed by atoms with Gasteiger partial charge in [-0.3, -0.25) is 12.2 Å². The van der Waals surface area contributed by atoms with E-state index >= 15 is 0 Å². The molecule has 232 valence electrons. The van der Waals surface area contributed by atoms with Crippen LogP contribution in [0.1, 0.15) is 40.5 Å². The summed E-state index contributed by atoms with van der Waals surface area (Å²) >= 11 is 3.11. The summed E-state index contributed by atoms with van der Waals surface area (Å²) in [5.41, 5.74) is 0. The van der Waals surface area contributed by atoms with E-state index in [2.05, 4.69) is 161 Å². The van der Waals surface area contributed by atoms with Crippen LogP contribution in [0, 0.1) is 12.2 Å².